The second-order valence-electron chi connectivity index (χ2n) is 16.7. The fourth-order valence-corrected chi connectivity index (χ4v) is 8.56. The summed E-state index contributed by atoms with van der Waals surface area (Å²) in [5.41, 5.74) is 2.59. The Morgan fingerprint density at radius 1 is 0.867 bits per heavy atom. The van der Waals surface area contributed by atoms with Crippen LogP contribution in [0.15, 0.2) is 125 Å². The lowest BCUT2D eigenvalue weighted by molar-refractivity contribution is -0.0847. The Balaban J connectivity index is 1.39. The average Bonchev–Trinajstić information content (AvgIpc) is 3.81. The zero-order valence-corrected chi connectivity index (χ0v) is 36.7. The molecule has 13 nitrogen and oxygen atoms in total. The van der Waals surface area contributed by atoms with Gasteiger partial charge in [-0.2, -0.15) is 4.98 Å². The summed E-state index contributed by atoms with van der Waals surface area (Å²) in [4.78, 5) is 31.7. The maximum atomic E-state index is 13.4. The van der Waals surface area contributed by atoms with Crippen LogP contribution in [0.2, 0.25) is 18.1 Å². The number of imidazole rings is 1. The first-order valence-corrected chi connectivity index (χ1v) is 23.0. The van der Waals surface area contributed by atoms with Crippen LogP contribution >= 0.6 is 0 Å². The van der Waals surface area contributed by atoms with Crippen molar-refractivity contribution in [2.75, 3.05) is 40.2 Å². The minimum absolute atomic E-state index is 0.115. The molecule has 6 aromatic rings. The Kier molecular flexibility index (Phi) is 12.3. The number of H-pyrrole nitrogens is 1. The Morgan fingerprint density at radius 2 is 1.43 bits per heavy atom. The molecule has 60 heavy (non-hydrogen) atoms. The highest BCUT2D eigenvalue weighted by molar-refractivity contribution is 6.74. The topological polar surface area (TPSA) is 137 Å². The van der Waals surface area contributed by atoms with Gasteiger partial charge in [-0.05, 0) is 71.2 Å². The number of ether oxygens (including phenoxy) is 4. The molecule has 0 aliphatic carbocycles. The molecule has 0 spiro atoms. The van der Waals surface area contributed by atoms with Crippen LogP contribution in [0.25, 0.3) is 11.2 Å². The Labute approximate surface area is 352 Å². The van der Waals surface area contributed by atoms with E-state index in [9.17, 15) is 4.79 Å². The molecule has 1 aliphatic heterocycles. The Bertz CT molecular complexity index is 2380. The monoisotopic (exact) mass is 829 g/mol. The Morgan fingerprint density at radius 3 is 1.98 bits per heavy atom. The number of anilines is 1. The van der Waals surface area contributed by atoms with Crippen LogP contribution in [0.3, 0.4) is 0 Å². The molecule has 14 heteroatoms. The van der Waals surface area contributed by atoms with E-state index in [2.05, 4.69) is 66.3 Å². The molecular weight excluding hydrogens is 775 g/mol. The first-order chi connectivity index (χ1) is 28.7. The number of methoxy groups -OCH3 is 2. The molecule has 314 valence electrons. The Hall–Kier alpha value is -5.80. The van der Waals surface area contributed by atoms with Crippen molar-refractivity contribution >= 4 is 37.5 Å². The van der Waals surface area contributed by atoms with Crippen LogP contribution in [0.4, 0.5) is 11.6 Å². The number of aromatic amines is 1. The number of rotatable bonds is 15. The van der Waals surface area contributed by atoms with E-state index in [4.69, 9.17) is 28.4 Å². The molecule has 2 N–H and O–H groups in total. The van der Waals surface area contributed by atoms with E-state index >= 15 is 0 Å². The molecule has 7 rings (SSSR count). The molecule has 0 amide bonds. The SMILES string of the molecule is COc1ccc(C(OC[C@H]2O[C@@H](n3cnc4c(=O)[nH]c(/N=C/N(C)C)nc43)[C@H](O[Si](C)(C)C(C)(C)C)[C@@H]2Nc2ccccc2)(c2ccccc2)c2ccc(OC)cc2)cc1. The smallest absolute Gasteiger partial charge is 0.280 e. The van der Waals surface area contributed by atoms with Gasteiger partial charge >= 0.3 is 0 Å². The maximum absolute atomic E-state index is 13.4. The average molecular weight is 830 g/mol. The number of aromatic nitrogens is 4. The van der Waals surface area contributed by atoms with Crippen molar-refractivity contribution in [2.24, 2.45) is 4.99 Å². The van der Waals surface area contributed by atoms with E-state index in [1.165, 1.54) is 0 Å². The molecule has 1 fully saturated rings. The number of para-hydroxylation sites is 1. The highest BCUT2D eigenvalue weighted by Gasteiger charge is 2.52. The summed E-state index contributed by atoms with van der Waals surface area (Å²) >= 11 is 0. The standard InChI is InChI=1S/C46H55N7O6Si/c1-45(2,3)60(8,9)59-40-38(49-34-18-14-11-15-19-34)37(58-43(40)53-30-47-39-41(53)50-44(51-42(39)54)48-29-52(4)5)28-57-46(31-16-12-10-13-17-31,32-20-24-35(55-6)25-21-32)33-22-26-36(56-7)27-23-33/h10-27,29-30,37-38,40,43,49H,28H2,1-9H3,(H,50,51,54)/b48-29+/t37-,38-,40-,43-/m1/s1. The van der Waals surface area contributed by atoms with Gasteiger partial charge in [-0.15, -0.1) is 0 Å². The lowest BCUT2D eigenvalue weighted by Gasteiger charge is -2.41. The number of nitrogens with zero attached hydrogens (tertiary/aromatic N) is 5. The summed E-state index contributed by atoms with van der Waals surface area (Å²) in [5.74, 6) is 1.60. The van der Waals surface area contributed by atoms with E-state index < -0.39 is 44.0 Å². The molecule has 0 saturated carbocycles. The van der Waals surface area contributed by atoms with Crippen LogP contribution in [0.1, 0.15) is 43.7 Å². The van der Waals surface area contributed by atoms with Crippen molar-refractivity contribution in [3.63, 3.8) is 0 Å². The summed E-state index contributed by atoms with van der Waals surface area (Å²) in [7, 11) is 4.50. The van der Waals surface area contributed by atoms with Crippen LogP contribution in [0, 0.1) is 0 Å². The summed E-state index contributed by atoms with van der Waals surface area (Å²) in [6.45, 7) is 11.2. The minimum Gasteiger partial charge on any atom is -0.497 e. The molecule has 1 aliphatic rings. The third-order valence-corrected chi connectivity index (χ3v) is 15.9. The molecule has 1 saturated heterocycles. The largest absolute Gasteiger partial charge is 0.497 e. The van der Waals surface area contributed by atoms with E-state index in [1.807, 2.05) is 111 Å². The number of benzene rings is 4. The fourth-order valence-electron chi connectivity index (χ4n) is 7.26. The second kappa shape index (κ2) is 17.4. The van der Waals surface area contributed by atoms with Gasteiger partial charge in [0.1, 0.15) is 29.3 Å². The predicted octanol–water partition coefficient (Wildman–Crippen LogP) is 8.14. The number of hydrogen-bond acceptors (Lipinski definition) is 10. The molecule has 0 bridgehead atoms. The molecule has 3 heterocycles. The van der Waals surface area contributed by atoms with Crippen LogP contribution in [-0.4, -0.2) is 92.2 Å². The second-order valence-corrected chi connectivity index (χ2v) is 21.4. The molecule has 0 radical (unpaired) electrons. The van der Waals surface area contributed by atoms with E-state index in [0.29, 0.717) is 5.65 Å². The summed E-state index contributed by atoms with van der Waals surface area (Å²) in [6.07, 6.45) is 1.23. The number of hydrogen-bond donors (Lipinski definition) is 2. The van der Waals surface area contributed by atoms with Crippen molar-refractivity contribution in [3.05, 3.63) is 143 Å². The van der Waals surface area contributed by atoms with Crippen LogP contribution in [-0.2, 0) is 19.5 Å². The highest BCUT2D eigenvalue weighted by Crippen LogP contribution is 2.46. The molecule has 0 unspecified atom stereocenters. The number of fused-ring (bicyclic) bond motifs is 1. The van der Waals surface area contributed by atoms with Gasteiger partial charge in [0.25, 0.3) is 5.56 Å². The van der Waals surface area contributed by atoms with Crippen molar-refractivity contribution in [3.8, 4) is 11.5 Å². The zero-order valence-electron chi connectivity index (χ0n) is 35.7. The molecule has 4 aromatic carbocycles. The minimum atomic E-state index is -2.50. The van der Waals surface area contributed by atoms with Gasteiger partial charge < -0.3 is 33.6 Å². The van der Waals surface area contributed by atoms with Crippen molar-refractivity contribution in [1.82, 2.24) is 24.4 Å². The fraction of sp³-hybridized carbons (Fsp3) is 0.348. The summed E-state index contributed by atoms with van der Waals surface area (Å²) in [5, 5.41) is 3.66. The van der Waals surface area contributed by atoms with E-state index in [-0.39, 0.29) is 23.1 Å². The summed E-state index contributed by atoms with van der Waals surface area (Å²) in [6, 6.07) is 35.7. The number of aliphatic imine (C=N–C) groups is 1. The van der Waals surface area contributed by atoms with E-state index in [1.54, 1.807) is 36.4 Å². The first kappa shape index (κ1) is 42.3. The van der Waals surface area contributed by atoms with Gasteiger partial charge in [0.05, 0.1) is 39.5 Å². The summed E-state index contributed by atoms with van der Waals surface area (Å²) < 4.78 is 35.1. The van der Waals surface area contributed by atoms with Gasteiger partial charge in [0.15, 0.2) is 25.7 Å². The van der Waals surface area contributed by atoms with Crippen LogP contribution in [0.5, 0.6) is 11.5 Å². The van der Waals surface area contributed by atoms with Crippen molar-refractivity contribution in [2.45, 2.75) is 69.0 Å². The maximum Gasteiger partial charge on any atom is 0.280 e. The highest BCUT2D eigenvalue weighted by atomic mass is 28.4. The normalized spacial score (nSPS) is 18.6. The quantitative estimate of drug-likeness (QED) is 0.0452. The van der Waals surface area contributed by atoms with Crippen molar-refractivity contribution < 1.29 is 23.4 Å². The third kappa shape index (κ3) is 8.59. The van der Waals surface area contributed by atoms with Gasteiger partial charge in [-0.1, -0.05) is 93.6 Å². The molecule has 4 atom stereocenters. The molecule has 2 aromatic heterocycles. The first-order valence-electron chi connectivity index (χ1n) is 20.0. The molecular formula is C46H55N7O6Si. The van der Waals surface area contributed by atoms with Gasteiger partial charge in [-0.25, -0.2) is 9.98 Å². The van der Waals surface area contributed by atoms with E-state index in [0.717, 1.165) is 33.9 Å². The zero-order chi connectivity index (χ0) is 42.7. The van der Waals surface area contributed by atoms with Crippen LogP contribution < -0.4 is 20.3 Å². The lowest BCUT2D eigenvalue weighted by Crippen LogP contribution is -2.51. The van der Waals surface area contributed by atoms with Gasteiger partial charge in [-0.3, -0.25) is 14.3 Å². The predicted molar refractivity (Wildman–Crippen MR) is 238 cm³/mol. The third-order valence-electron chi connectivity index (χ3n) is 11.4. The van der Waals surface area contributed by atoms with Gasteiger partial charge in [0.2, 0.25) is 5.95 Å². The lowest BCUT2D eigenvalue weighted by atomic mass is 9.80. The van der Waals surface area contributed by atoms with Crippen molar-refractivity contribution in [1.29, 1.82) is 0 Å². The number of nitrogens with one attached hydrogen (secondary N) is 2. The van der Waals surface area contributed by atoms with Gasteiger partial charge in [0, 0.05) is 19.8 Å².